The molecule has 0 saturated heterocycles. The molecular formula is C23H16ClN3O. The van der Waals surface area contributed by atoms with Gasteiger partial charge in [0.05, 0.1) is 16.6 Å². The van der Waals surface area contributed by atoms with Crippen LogP contribution in [0.5, 0.6) is 5.75 Å². The van der Waals surface area contributed by atoms with Crippen LogP contribution in [0.2, 0.25) is 5.02 Å². The number of aromatic nitrogens is 2. The summed E-state index contributed by atoms with van der Waals surface area (Å²) in [6.07, 6.45) is 1.79. The molecule has 0 fully saturated rings. The van der Waals surface area contributed by atoms with Crippen molar-refractivity contribution in [3.8, 4) is 11.8 Å². The maximum Gasteiger partial charge on any atom is 0.149 e. The molecule has 5 heteroatoms. The van der Waals surface area contributed by atoms with E-state index in [9.17, 15) is 5.26 Å². The van der Waals surface area contributed by atoms with Gasteiger partial charge in [-0.1, -0.05) is 54.1 Å². The van der Waals surface area contributed by atoms with Crippen molar-refractivity contribution in [1.82, 2.24) is 9.97 Å². The Kier molecular flexibility index (Phi) is 5.09. The Morgan fingerprint density at radius 3 is 2.71 bits per heavy atom. The van der Waals surface area contributed by atoms with Crippen molar-refractivity contribution in [2.45, 2.75) is 6.61 Å². The highest BCUT2D eigenvalue weighted by molar-refractivity contribution is 6.31. The summed E-state index contributed by atoms with van der Waals surface area (Å²) in [4.78, 5) is 7.68. The van der Waals surface area contributed by atoms with Crippen LogP contribution in [-0.2, 0) is 6.61 Å². The molecule has 0 amide bonds. The van der Waals surface area contributed by atoms with Crippen molar-refractivity contribution in [3.63, 3.8) is 0 Å². The number of hydrogen-bond donors (Lipinski definition) is 1. The van der Waals surface area contributed by atoms with E-state index in [1.807, 2.05) is 72.8 Å². The zero-order chi connectivity index (χ0) is 19.3. The number of hydrogen-bond acceptors (Lipinski definition) is 3. The third kappa shape index (κ3) is 3.90. The van der Waals surface area contributed by atoms with E-state index in [-0.39, 0.29) is 0 Å². The number of rotatable bonds is 5. The van der Waals surface area contributed by atoms with Crippen LogP contribution in [0.15, 0.2) is 72.8 Å². The highest BCUT2D eigenvalue weighted by Crippen LogP contribution is 2.23. The third-order valence-corrected chi connectivity index (χ3v) is 4.65. The summed E-state index contributed by atoms with van der Waals surface area (Å²) in [5, 5.41) is 10.3. The van der Waals surface area contributed by atoms with Gasteiger partial charge in [-0.15, -0.1) is 0 Å². The molecule has 4 rings (SSSR count). The molecule has 4 aromatic rings. The largest absolute Gasteiger partial charge is 0.489 e. The van der Waals surface area contributed by atoms with Gasteiger partial charge in [-0.05, 0) is 42.0 Å². The average molecular weight is 386 g/mol. The summed E-state index contributed by atoms with van der Waals surface area (Å²) in [7, 11) is 0. The number of ether oxygens (including phenoxy) is 1. The Labute approximate surface area is 167 Å². The third-order valence-electron chi connectivity index (χ3n) is 4.29. The normalized spacial score (nSPS) is 11.4. The fourth-order valence-electron chi connectivity index (χ4n) is 2.87. The van der Waals surface area contributed by atoms with Crippen LogP contribution in [0.3, 0.4) is 0 Å². The first kappa shape index (κ1) is 17.8. The van der Waals surface area contributed by atoms with Crippen molar-refractivity contribution in [3.05, 3.63) is 94.8 Å². The minimum atomic E-state index is 0.377. The van der Waals surface area contributed by atoms with Gasteiger partial charge >= 0.3 is 0 Å². The first-order valence-electron chi connectivity index (χ1n) is 8.76. The molecule has 1 N–H and O–H groups in total. The predicted molar refractivity (Wildman–Crippen MR) is 112 cm³/mol. The molecule has 1 aromatic heterocycles. The second kappa shape index (κ2) is 7.99. The number of nitrogens with zero attached hydrogens (tertiary/aromatic N) is 2. The van der Waals surface area contributed by atoms with Crippen molar-refractivity contribution >= 4 is 34.3 Å². The molecule has 136 valence electrons. The van der Waals surface area contributed by atoms with Crippen molar-refractivity contribution < 1.29 is 4.74 Å². The molecule has 0 spiro atoms. The molecule has 0 aliphatic rings. The van der Waals surface area contributed by atoms with Crippen LogP contribution < -0.4 is 4.74 Å². The quantitative estimate of drug-likeness (QED) is 0.437. The van der Waals surface area contributed by atoms with Gasteiger partial charge in [0.15, 0.2) is 0 Å². The summed E-state index contributed by atoms with van der Waals surface area (Å²) < 4.78 is 5.86. The van der Waals surface area contributed by atoms with E-state index in [1.165, 1.54) is 0 Å². The molecule has 3 aromatic carbocycles. The molecule has 0 saturated carbocycles. The topological polar surface area (TPSA) is 61.7 Å². The second-order valence-corrected chi connectivity index (χ2v) is 6.63. The zero-order valence-electron chi connectivity index (χ0n) is 14.9. The number of nitrogens with one attached hydrogen (secondary N) is 1. The summed E-state index contributed by atoms with van der Waals surface area (Å²) in [6.45, 7) is 0.377. The highest BCUT2D eigenvalue weighted by Gasteiger charge is 2.08. The number of fused-ring (bicyclic) bond motifs is 1. The van der Waals surface area contributed by atoms with Crippen LogP contribution in [0.4, 0.5) is 0 Å². The van der Waals surface area contributed by atoms with E-state index in [4.69, 9.17) is 16.3 Å². The Hall–Kier alpha value is -3.55. The summed E-state index contributed by atoms with van der Waals surface area (Å²) >= 11 is 6.17. The second-order valence-electron chi connectivity index (χ2n) is 6.22. The predicted octanol–water partition coefficient (Wildman–Crippen LogP) is 5.86. The van der Waals surface area contributed by atoms with Crippen molar-refractivity contribution in [1.29, 1.82) is 5.26 Å². The minimum Gasteiger partial charge on any atom is -0.489 e. The number of halogens is 1. The maximum atomic E-state index is 9.59. The lowest BCUT2D eigenvalue weighted by Gasteiger charge is -2.08. The van der Waals surface area contributed by atoms with E-state index in [0.717, 1.165) is 22.2 Å². The van der Waals surface area contributed by atoms with E-state index in [1.54, 1.807) is 6.08 Å². The number of nitriles is 1. The summed E-state index contributed by atoms with van der Waals surface area (Å²) in [6, 6.07) is 25.1. The number of allylic oxidation sites excluding steroid dienone is 1. The van der Waals surface area contributed by atoms with Gasteiger partial charge in [0.2, 0.25) is 0 Å². The molecule has 0 atom stereocenters. The van der Waals surface area contributed by atoms with Crippen molar-refractivity contribution in [2.75, 3.05) is 0 Å². The fourth-order valence-corrected chi connectivity index (χ4v) is 3.06. The lowest BCUT2D eigenvalue weighted by atomic mass is 10.1. The van der Waals surface area contributed by atoms with Gasteiger partial charge in [-0.25, -0.2) is 4.98 Å². The van der Waals surface area contributed by atoms with Crippen LogP contribution in [-0.4, -0.2) is 9.97 Å². The van der Waals surface area contributed by atoms with Crippen LogP contribution in [0.25, 0.3) is 22.7 Å². The van der Waals surface area contributed by atoms with Gasteiger partial charge < -0.3 is 9.72 Å². The van der Waals surface area contributed by atoms with Crippen molar-refractivity contribution in [2.24, 2.45) is 0 Å². The van der Waals surface area contributed by atoms with E-state index in [2.05, 4.69) is 16.0 Å². The van der Waals surface area contributed by atoms with E-state index in [0.29, 0.717) is 28.8 Å². The Morgan fingerprint density at radius 2 is 1.89 bits per heavy atom. The summed E-state index contributed by atoms with van der Waals surface area (Å²) in [5.74, 6) is 1.25. The van der Waals surface area contributed by atoms with Crippen LogP contribution >= 0.6 is 11.6 Å². The van der Waals surface area contributed by atoms with E-state index >= 15 is 0 Å². The lowest BCUT2D eigenvalue weighted by Crippen LogP contribution is -1.96. The number of aromatic amines is 1. The monoisotopic (exact) mass is 385 g/mol. The van der Waals surface area contributed by atoms with Gasteiger partial charge in [-0.3, -0.25) is 0 Å². The van der Waals surface area contributed by atoms with Crippen LogP contribution in [0, 0.1) is 11.3 Å². The molecule has 0 aliphatic heterocycles. The molecule has 0 bridgehead atoms. The molecule has 4 nitrogen and oxygen atoms in total. The Morgan fingerprint density at radius 1 is 1.07 bits per heavy atom. The lowest BCUT2D eigenvalue weighted by molar-refractivity contribution is 0.306. The number of H-pyrrole nitrogens is 1. The van der Waals surface area contributed by atoms with Crippen LogP contribution in [0.1, 0.15) is 17.0 Å². The first-order chi connectivity index (χ1) is 13.7. The SMILES string of the molecule is N#C/C(=C\c1cccc(OCc2ccccc2Cl)c1)c1nc2ccccc2[nH]1. The molecule has 0 unspecified atom stereocenters. The molecule has 28 heavy (non-hydrogen) atoms. The van der Waals surface area contributed by atoms with Gasteiger partial charge in [-0.2, -0.15) is 5.26 Å². The standard InChI is InChI=1S/C23H16ClN3O/c24-20-9-2-1-7-17(20)15-28-19-8-5-6-16(13-19)12-18(14-25)23-26-21-10-3-4-11-22(21)27-23/h1-13H,15H2,(H,26,27)/b18-12+. The fraction of sp³-hybridized carbons (Fsp3) is 0.0435. The van der Waals surface area contributed by atoms with Gasteiger partial charge in [0.1, 0.15) is 24.3 Å². The summed E-state index contributed by atoms with van der Waals surface area (Å²) in [5.41, 5.74) is 3.96. The average Bonchev–Trinajstić information content (AvgIpc) is 3.16. The molecular weight excluding hydrogens is 370 g/mol. The first-order valence-corrected chi connectivity index (χ1v) is 9.14. The van der Waals surface area contributed by atoms with E-state index < -0.39 is 0 Å². The smallest absolute Gasteiger partial charge is 0.149 e. The Balaban J connectivity index is 1.57. The highest BCUT2D eigenvalue weighted by atomic mass is 35.5. The maximum absolute atomic E-state index is 9.59. The number of para-hydroxylation sites is 2. The minimum absolute atomic E-state index is 0.377. The number of imidazole rings is 1. The zero-order valence-corrected chi connectivity index (χ0v) is 15.6. The Bertz CT molecular complexity index is 1170. The molecule has 1 heterocycles. The molecule has 0 radical (unpaired) electrons. The van der Waals surface area contributed by atoms with Gasteiger partial charge in [0, 0.05) is 10.6 Å². The molecule has 0 aliphatic carbocycles. The van der Waals surface area contributed by atoms with Gasteiger partial charge in [0.25, 0.3) is 0 Å². The number of benzene rings is 3.